The minimum Gasteiger partial charge on any atom is -0.339 e. The number of nitrogens with one attached hydrogen (secondary N) is 1. The van der Waals surface area contributed by atoms with Crippen LogP contribution >= 0.6 is 22.6 Å². The summed E-state index contributed by atoms with van der Waals surface area (Å²) in [6.45, 7) is 2.06. The Labute approximate surface area is 97.3 Å². The number of likely N-dealkylation sites (N-methyl/N-ethyl adjacent to an activating group) is 1. The zero-order valence-corrected chi connectivity index (χ0v) is 10.2. The highest BCUT2D eigenvalue weighted by Gasteiger charge is 2.22. The summed E-state index contributed by atoms with van der Waals surface area (Å²) in [4.78, 5) is 10.8. The molecule has 1 fully saturated rings. The van der Waals surface area contributed by atoms with E-state index >= 15 is 0 Å². The van der Waals surface area contributed by atoms with Gasteiger partial charge in [-0.05, 0) is 36.1 Å². The van der Waals surface area contributed by atoms with Gasteiger partial charge in [-0.25, -0.2) is 9.97 Å². The Hall–Kier alpha value is -0.430. The van der Waals surface area contributed by atoms with Crippen LogP contribution < -0.4 is 10.2 Å². The zero-order valence-electron chi connectivity index (χ0n) is 8.07. The Kier molecular flexibility index (Phi) is 3.17. The van der Waals surface area contributed by atoms with E-state index in [9.17, 15) is 0 Å². The van der Waals surface area contributed by atoms with Gasteiger partial charge in [0.1, 0.15) is 0 Å². The molecule has 76 valence electrons. The maximum absolute atomic E-state index is 4.31. The van der Waals surface area contributed by atoms with Crippen LogP contribution in [0.1, 0.15) is 6.42 Å². The first-order valence-corrected chi connectivity index (χ1v) is 5.77. The fourth-order valence-electron chi connectivity index (χ4n) is 1.65. The van der Waals surface area contributed by atoms with Crippen LogP contribution in [0, 0.1) is 3.57 Å². The highest BCUT2D eigenvalue weighted by molar-refractivity contribution is 14.1. The molecule has 4 nitrogen and oxygen atoms in total. The smallest absolute Gasteiger partial charge is 0.225 e. The molecule has 1 aromatic rings. The first-order valence-electron chi connectivity index (χ1n) is 4.69. The SMILES string of the molecule is CNC1CCN(c2ncc(I)cn2)C1. The summed E-state index contributed by atoms with van der Waals surface area (Å²) in [7, 11) is 2.00. The molecule has 1 saturated heterocycles. The van der Waals surface area contributed by atoms with E-state index in [4.69, 9.17) is 0 Å². The average molecular weight is 304 g/mol. The van der Waals surface area contributed by atoms with Crippen LogP contribution in [0.25, 0.3) is 0 Å². The predicted molar refractivity (Wildman–Crippen MR) is 64.4 cm³/mol. The standard InChI is InChI=1S/C9H13IN4/c1-11-8-2-3-14(6-8)9-12-4-7(10)5-13-9/h4-5,8,11H,2-3,6H2,1H3. The van der Waals surface area contributed by atoms with Crippen molar-refractivity contribution in [2.75, 3.05) is 25.0 Å². The molecule has 1 aliphatic rings. The minimum atomic E-state index is 0.581. The number of halogens is 1. The molecule has 14 heavy (non-hydrogen) atoms. The predicted octanol–water partition coefficient (Wildman–Crippen LogP) is 0.879. The second kappa shape index (κ2) is 4.39. The largest absolute Gasteiger partial charge is 0.339 e. The van der Waals surface area contributed by atoms with Crippen molar-refractivity contribution in [3.05, 3.63) is 16.0 Å². The number of anilines is 1. The van der Waals surface area contributed by atoms with Crippen molar-refractivity contribution in [3.8, 4) is 0 Å². The zero-order chi connectivity index (χ0) is 9.97. The van der Waals surface area contributed by atoms with Gasteiger partial charge in [-0.1, -0.05) is 0 Å². The molecule has 1 N–H and O–H groups in total. The van der Waals surface area contributed by atoms with Gasteiger partial charge in [-0.3, -0.25) is 0 Å². The monoisotopic (exact) mass is 304 g/mol. The molecule has 2 rings (SSSR count). The van der Waals surface area contributed by atoms with Crippen molar-refractivity contribution in [1.29, 1.82) is 0 Å². The number of nitrogens with zero attached hydrogens (tertiary/aromatic N) is 3. The van der Waals surface area contributed by atoms with Crippen LogP contribution in [0.2, 0.25) is 0 Å². The van der Waals surface area contributed by atoms with Crippen LogP contribution in [0.4, 0.5) is 5.95 Å². The quantitative estimate of drug-likeness (QED) is 0.824. The second-order valence-corrected chi connectivity index (χ2v) is 4.67. The summed E-state index contributed by atoms with van der Waals surface area (Å²) < 4.78 is 1.08. The molecule has 0 aromatic carbocycles. The average Bonchev–Trinajstić information content (AvgIpc) is 2.67. The lowest BCUT2D eigenvalue weighted by atomic mass is 10.3. The topological polar surface area (TPSA) is 41.0 Å². The van der Waals surface area contributed by atoms with Gasteiger partial charge in [-0.2, -0.15) is 0 Å². The molecule has 0 saturated carbocycles. The van der Waals surface area contributed by atoms with Crippen molar-refractivity contribution in [1.82, 2.24) is 15.3 Å². The van der Waals surface area contributed by atoms with E-state index in [0.29, 0.717) is 6.04 Å². The lowest BCUT2D eigenvalue weighted by Crippen LogP contribution is -2.30. The highest BCUT2D eigenvalue weighted by Crippen LogP contribution is 2.15. The third-order valence-electron chi connectivity index (χ3n) is 2.49. The summed E-state index contributed by atoms with van der Waals surface area (Å²) in [6.07, 6.45) is 4.89. The number of hydrogen-bond acceptors (Lipinski definition) is 4. The van der Waals surface area contributed by atoms with Gasteiger partial charge < -0.3 is 10.2 Å². The van der Waals surface area contributed by atoms with Crippen molar-refractivity contribution < 1.29 is 0 Å². The molecule has 2 heterocycles. The molecular formula is C9H13IN4. The van der Waals surface area contributed by atoms with Gasteiger partial charge in [0, 0.05) is 35.1 Å². The molecule has 0 aliphatic carbocycles. The highest BCUT2D eigenvalue weighted by atomic mass is 127. The van der Waals surface area contributed by atoms with E-state index in [1.54, 1.807) is 0 Å². The summed E-state index contributed by atoms with van der Waals surface area (Å²) in [5.41, 5.74) is 0. The van der Waals surface area contributed by atoms with E-state index in [0.717, 1.165) is 22.6 Å². The molecule has 0 spiro atoms. The van der Waals surface area contributed by atoms with E-state index < -0.39 is 0 Å². The van der Waals surface area contributed by atoms with E-state index in [1.165, 1.54) is 6.42 Å². The van der Waals surface area contributed by atoms with Crippen molar-refractivity contribution in [2.45, 2.75) is 12.5 Å². The van der Waals surface area contributed by atoms with Crippen molar-refractivity contribution >= 4 is 28.5 Å². The van der Waals surface area contributed by atoms with Gasteiger partial charge in [0.15, 0.2) is 0 Å². The Morgan fingerprint density at radius 2 is 2.21 bits per heavy atom. The Bertz CT molecular complexity index is 300. The van der Waals surface area contributed by atoms with Crippen molar-refractivity contribution in [2.24, 2.45) is 0 Å². The first kappa shape index (κ1) is 10.1. The lowest BCUT2D eigenvalue weighted by Gasteiger charge is -2.15. The van der Waals surface area contributed by atoms with Gasteiger partial charge in [-0.15, -0.1) is 0 Å². The molecule has 1 aliphatic heterocycles. The lowest BCUT2D eigenvalue weighted by molar-refractivity contribution is 0.616. The Balaban J connectivity index is 2.06. The first-order chi connectivity index (χ1) is 6.79. The van der Waals surface area contributed by atoms with Gasteiger partial charge in [0.05, 0.1) is 0 Å². The molecule has 0 radical (unpaired) electrons. The van der Waals surface area contributed by atoms with Crippen molar-refractivity contribution in [3.63, 3.8) is 0 Å². The summed E-state index contributed by atoms with van der Waals surface area (Å²) in [6, 6.07) is 0.581. The normalized spacial score (nSPS) is 21.6. The maximum Gasteiger partial charge on any atom is 0.225 e. The summed E-state index contributed by atoms with van der Waals surface area (Å²) in [5.74, 6) is 0.850. The third-order valence-corrected chi connectivity index (χ3v) is 3.04. The van der Waals surface area contributed by atoms with E-state index in [2.05, 4.69) is 42.8 Å². The molecule has 1 atom stereocenters. The number of hydrogen-bond donors (Lipinski definition) is 1. The second-order valence-electron chi connectivity index (χ2n) is 3.42. The molecule has 0 bridgehead atoms. The molecule has 0 amide bonds. The van der Waals surface area contributed by atoms with E-state index in [-0.39, 0.29) is 0 Å². The maximum atomic E-state index is 4.31. The van der Waals surface area contributed by atoms with Crippen LogP contribution in [0.5, 0.6) is 0 Å². The molecular weight excluding hydrogens is 291 g/mol. The van der Waals surface area contributed by atoms with Gasteiger partial charge in [0.2, 0.25) is 5.95 Å². The molecule has 5 heteroatoms. The minimum absolute atomic E-state index is 0.581. The van der Waals surface area contributed by atoms with E-state index in [1.807, 2.05) is 19.4 Å². The molecule has 1 unspecified atom stereocenters. The van der Waals surface area contributed by atoms with Gasteiger partial charge >= 0.3 is 0 Å². The number of aromatic nitrogens is 2. The number of rotatable bonds is 2. The summed E-state index contributed by atoms with van der Waals surface area (Å²) >= 11 is 2.22. The molecule has 1 aromatic heterocycles. The van der Waals surface area contributed by atoms with Gasteiger partial charge in [0.25, 0.3) is 0 Å². The fraction of sp³-hybridized carbons (Fsp3) is 0.556. The third kappa shape index (κ3) is 2.14. The fourth-order valence-corrected chi connectivity index (χ4v) is 1.92. The van der Waals surface area contributed by atoms with Crippen LogP contribution in [0.3, 0.4) is 0 Å². The van der Waals surface area contributed by atoms with Crippen LogP contribution in [-0.2, 0) is 0 Å². The van der Waals surface area contributed by atoms with Crippen LogP contribution in [-0.4, -0.2) is 36.1 Å². The van der Waals surface area contributed by atoms with Crippen LogP contribution in [0.15, 0.2) is 12.4 Å². The Morgan fingerprint density at radius 1 is 1.50 bits per heavy atom. The summed E-state index contributed by atoms with van der Waals surface area (Å²) in [5, 5.41) is 3.28. The Morgan fingerprint density at radius 3 is 2.79 bits per heavy atom.